The molecule has 306 valence electrons. The summed E-state index contributed by atoms with van der Waals surface area (Å²) in [5, 5.41) is 30.8. The third-order valence-corrected chi connectivity index (χ3v) is 10.1. The molecule has 0 saturated heterocycles. The van der Waals surface area contributed by atoms with E-state index in [0.717, 1.165) is 56.3 Å². The molecule has 1 aliphatic heterocycles. The van der Waals surface area contributed by atoms with E-state index in [1.165, 1.54) is 0 Å². The number of aromatic amines is 1. The van der Waals surface area contributed by atoms with Gasteiger partial charge in [0.1, 0.15) is 11.4 Å². The number of carbonyl (C=O) groups is 2. The highest BCUT2D eigenvalue weighted by atomic mass is 16.6. The molecule has 6 aromatic rings. The Kier molecular flexibility index (Phi) is 14.2. The number of phenols is 1. The van der Waals surface area contributed by atoms with Gasteiger partial charge in [0.15, 0.2) is 0 Å². The van der Waals surface area contributed by atoms with Crippen LogP contribution in [0.5, 0.6) is 5.75 Å². The minimum atomic E-state index is -0.373. The Morgan fingerprint density at radius 3 is 2.53 bits per heavy atom. The van der Waals surface area contributed by atoms with Crippen molar-refractivity contribution in [3.05, 3.63) is 113 Å². The molecule has 58 heavy (non-hydrogen) atoms. The smallest absolute Gasteiger partial charge is 0.252 e. The first-order valence-corrected chi connectivity index (χ1v) is 19.9. The summed E-state index contributed by atoms with van der Waals surface area (Å²) < 4.78 is 25.6. The van der Waals surface area contributed by atoms with Crippen LogP contribution in [-0.4, -0.2) is 101 Å². The number of carbonyl (C=O) groups excluding carboxylic acids is 2. The number of benzene rings is 3. The number of nitrogens with one attached hydrogen (secondary N) is 4. The van der Waals surface area contributed by atoms with Crippen LogP contribution in [0.1, 0.15) is 64.2 Å². The number of fused-ring (bicyclic) bond motifs is 3. The van der Waals surface area contributed by atoms with Crippen molar-refractivity contribution in [2.24, 2.45) is 0 Å². The molecule has 1 unspecified atom stereocenters. The van der Waals surface area contributed by atoms with Gasteiger partial charge in [-0.2, -0.15) is 0 Å². The second-order valence-corrected chi connectivity index (χ2v) is 14.1. The lowest BCUT2D eigenvalue weighted by molar-refractivity contribution is -0.122. The molecular formula is C43H52N8O7. The highest BCUT2D eigenvalue weighted by Crippen LogP contribution is 2.38. The summed E-state index contributed by atoms with van der Waals surface area (Å²) in [6.07, 6.45) is 5.04. The van der Waals surface area contributed by atoms with Crippen LogP contribution < -0.4 is 16.0 Å². The van der Waals surface area contributed by atoms with Crippen molar-refractivity contribution in [2.45, 2.75) is 52.0 Å². The molecule has 7 rings (SSSR count). The van der Waals surface area contributed by atoms with Crippen molar-refractivity contribution in [1.82, 2.24) is 40.5 Å². The number of rotatable bonds is 24. The van der Waals surface area contributed by atoms with E-state index in [-0.39, 0.29) is 23.6 Å². The predicted octanol–water partition coefficient (Wildman–Crippen LogP) is 4.57. The average molecular weight is 793 g/mol. The molecule has 2 amide bonds. The molecule has 0 aliphatic carbocycles. The molecule has 0 radical (unpaired) electrons. The van der Waals surface area contributed by atoms with Crippen molar-refractivity contribution in [2.75, 3.05) is 59.4 Å². The summed E-state index contributed by atoms with van der Waals surface area (Å²) in [7, 11) is 0. The van der Waals surface area contributed by atoms with Gasteiger partial charge >= 0.3 is 0 Å². The van der Waals surface area contributed by atoms with Gasteiger partial charge in [-0.25, -0.2) is 0 Å². The number of hydrogen-bond donors (Lipinski definition) is 5. The second kappa shape index (κ2) is 20.2. The number of amides is 2. The minimum Gasteiger partial charge on any atom is -0.508 e. The van der Waals surface area contributed by atoms with E-state index in [9.17, 15) is 14.7 Å². The number of nitrogens with zero attached hydrogens (tertiary/aromatic N) is 4. The molecule has 0 bridgehead atoms. The number of ether oxygens (including phenoxy) is 4. The number of hydrogen-bond acceptors (Lipinski definition) is 10. The second-order valence-electron chi connectivity index (χ2n) is 14.1. The maximum absolute atomic E-state index is 12.9. The number of aryl methyl sites for hydroxylation is 1. The zero-order chi connectivity index (χ0) is 40.1. The Morgan fingerprint density at radius 2 is 1.71 bits per heavy atom. The molecule has 0 spiro atoms. The van der Waals surface area contributed by atoms with Gasteiger partial charge in [-0.15, -0.1) is 5.10 Å². The van der Waals surface area contributed by atoms with E-state index in [0.29, 0.717) is 97.6 Å². The quantitative estimate of drug-likeness (QED) is 0.0546. The molecule has 3 aromatic heterocycles. The minimum absolute atomic E-state index is 0.0494. The average Bonchev–Trinajstić information content (AvgIpc) is 4.01. The highest BCUT2D eigenvalue weighted by molar-refractivity contribution is 6.01. The van der Waals surface area contributed by atoms with E-state index < -0.39 is 0 Å². The molecular weight excluding hydrogens is 741 g/mol. The predicted molar refractivity (Wildman–Crippen MR) is 219 cm³/mol. The molecule has 4 heterocycles. The summed E-state index contributed by atoms with van der Waals surface area (Å²) >= 11 is 0. The fraction of sp³-hybridized carbons (Fsp3) is 0.395. The van der Waals surface area contributed by atoms with Crippen LogP contribution in [0.15, 0.2) is 79.1 Å². The topological polar surface area (TPSA) is 179 Å². The van der Waals surface area contributed by atoms with Crippen LogP contribution >= 0.6 is 0 Å². The van der Waals surface area contributed by atoms with Crippen LogP contribution in [-0.2, 0) is 49.9 Å². The van der Waals surface area contributed by atoms with Crippen LogP contribution in [0.25, 0.3) is 21.8 Å². The largest absolute Gasteiger partial charge is 0.508 e. The van der Waals surface area contributed by atoms with Gasteiger partial charge in [0.2, 0.25) is 5.91 Å². The van der Waals surface area contributed by atoms with Gasteiger partial charge in [0.05, 0.1) is 65.0 Å². The van der Waals surface area contributed by atoms with Gasteiger partial charge in [0.25, 0.3) is 5.91 Å². The normalized spacial score (nSPS) is 13.7. The Balaban J connectivity index is 0.844. The van der Waals surface area contributed by atoms with Crippen LogP contribution in [0.2, 0.25) is 0 Å². The fourth-order valence-corrected chi connectivity index (χ4v) is 7.23. The Labute approximate surface area is 337 Å². The van der Waals surface area contributed by atoms with Crippen LogP contribution in [0.3, 0.4) is 0 Å². The zero-order valence-corrected chi connectivity index (χ0v) is 32.9. The summed E-state index contributed by atoms with van der Waals surface area (Å²) in [6, 6.07) is 21.2. The van der Waals surface area contributed by atoms with Crippen molar-refractivity contribution in [1.29, 1.82) is 0 Å². The van der Waals surface area contributed by atoms with E-state index >= 15 is 0 Å². The van der Waals surface area contributed by atoms with Crippen molar-refractivity contribution < 1.29 is 33.6 Å². The fourth-order valence-electron chi connectivity index (χ4n) is 7.23. The van der Waals surface area contributed by atoms with Crippen LogP contribution in [0, 0.1) is 0 Å². The lowest BCUT2D eigenvalue weighted by Crippen LogP contribution is -2.26. The Hall–Kier alpha value is -5.58. The number of H-pyrrole nitrogens is 1. The van der Waals surface area contributed by atoms with E-state index in [1.807, 2.05) is 36.0 Å². The molecule has 15 nitrogen and oxygen atoms in total. The first kappa shape index (κ1) is 40.6. The first-order chi connectivity index (χ1) is 28.5. The molecule has 5 N–H and O–H groups in total. The molecule has 0 fully saturated rings. The monoisotopic (exact) mass is 792 g/mol. The number of phenolic OH excluding ortho intramolecular Hbond substituents is 1. The van der Waals surface area contributed by atoms with Gasteiger partial charge in [-0.3, -0.25) is 14.3 Å². The van der Waals surface area contributed by atoms with Crippen molar-refractivity contribution >= 4 is 33.6 Å². The van der Waals surface area contributed by atoms with Gasteiger partial charge < -0.3 is 49.6 Å². The number of para-hydroxylation sites is 1. The van der Waals surface area contributed by atoms with E-state index in [1.54, 1.807) is 18.2 Å². The summed E-state index contributed by atoms with van der Waals surface area (Å²) in [5.74, 6) is -0.0644. The number of aromatic hydroxyl groups is 1. The van der Waals surface area contributed by atoms with Gasteiger partial charge in [0, 0.05) is 78.6 Å². The molecule has 1 aliphatic rings. The van der Waals surface area contributed by atoms with Crippen LogP contribution in [0.4, 0.5) is 0 Å². The first-order valence-electron chi connectivity index (χ1n) is 19.9. The maximum Gasteiger partial charge on any atom is 0.252 e. The number of aromatic nitrogens is 5. The summed E-state index contributed by atoms with van der Waals surface area (Å²) in [5.41, 5.74) is 7.39. The summed E-state index contributed by atoms with van der Waals surface area (Å²) in [4.78, 5) is 28.6. The lowest BCUT2D eigenvalue weighted by Gasteiger charge is -2.15. The summed E-state index contributed by atoms with van der Waals surface area (Å²) in [6.45, 7) is 8.97. The van der Waals surface area contributed by atoms with E-state index in [2.05, 4.69) is 72.3 Å². The molecule has 0 saturated carbocycles. The van der Waals surface area contributed by atoms with Gasteiger partial charge in [-0.1, -0.05) is 35.5 Å². The third kappa shape index (κ3) is 10.5. The van der Waals surface area contributed by atoms with E-state index in [4.69, 9.17) is 18.9 Å². The molecule has 1 atom stereocenters. The van der Waals surface area contributed by atoms with Crippen molar-refractivity contribution in [3.8, 4) is 5.75 Å². The SMILES string of the molecule is CCOCCOCCOCCOCCC(=O)NCCCn1cc(Cn2ccc3ccc(CNCc4[nH]c5ccccc5c4C4NC(=O)c5ccc(O)cc54)cc32)nn1. The Morgan fingerprint density at radius 1 is 0.914 bits per heavy atom. The van der Waals surface area contributed by atoms with Gasteiger partial charge in [-0.05, 0) is 66.3 Å². The maximum atomic E-state index is 12.9. The standard InChI is InChI=1S/C43H52N8O7/c1-2-55-18-19-57-22-23-58-21-20-56-17-13-40(53)45-14-5-15-51-29-32(48-49-51)28-50-16-12-31-9-8-30(24-39(31)50)26-44-27-38-41(35-6-3-4-7-37(35)46-38)42-36-25-33(52)10-11-34(36)43(54)47-42/h3-4,6-12,16,24-25,29,42,44,46,52H,2,5,13-15,17-23,26-28H2,1H3,(H,45,53)(H,47,54). The third-order valence-electron chi connectivity index (χ3n) is 10.1. The highest BCUT2D eigenvalue weighted by Gasteiger charge is 2.33. The lowest BCUT2D eigenvalue weighted by atomic mass is 9.95. The Bertz CT molecular complexity index is 2280. The zero-order valence-electron chi connectivity index (χ0n) is 32.9. The molecule has 3 aromatic carbocycles. The molecule has 15 heteroatoms. The van der Waals surface area contributed by atoms with Crippen molar-refractivity contribution in [3.63, 3.8) is 0 Å².